The van der Waals surface area contributed by atoms with Gasteiger partial charge in [0, 0.05) is 10.9 Å². The van der Waals surface area contributed by atoms with E-state index in [2.05, 4.69) is 36.8 Å². The average molecular weight is 297 g/mol. The normalized spacial score (nSPS) is 12.6. The topological polar surface area (TPSA) is 81.7 Å². The number of aromatic nitrogens is 4. The lowest BCUT2D eigenvalue weighted by molar-refractivity contribution is 0.536. The van der Waals surface area contributed by atoms with E-state index < -0.39 is 0 Å². The number of halogens is 1. The summed E-state index contributed by atoms with van der Waals surface area (Å²) in [6, 6.07) is 7.93. The zero-order chi connectivity index (χ0) is 12.3. The van der Waals surface area contributed by atoms with Gasteiger partial charge in [0.1, 0.15) is 0 Å². The van der Waals surface area contributed by atoms with Gasteiger partial charge in [0.05, 0.1) is 13.1 Å². The molecule has 0 aliphatic heterocycles. The van der Waals surface area contributed by atoms with Crippen molar-refractivity contribution in [2.24, 2.45) is 12.9 Å². The summed E-state index contributed by atoms with van der Waals surface area (Å²) in [6.45, 7) is 0. The molecular weight excluding hydrogens is 284 g/mol. The maximum atomic E-state index is 5.56. The highest BCUT2D eigenvalue weighted by Gasteiger charge is 2.13. The van der Waals surface area contributed by atoms with Crippen molar-refractivity contribution in [3.63, 3.8) is 0 Å². The molecule has 0 bridgehead atoms. The molecule has 6 nitrogen and oxygen atoms in total. The molecule has 0 saturated heterocycles. The van der Waals surface area contributed by atoms with Crippen molar-refractivity contribution >= 4 is 15.9 Å². The van der Waals surface area contributed by atoms with Gasteiger partial charge in [-0.05, 0) is 22.9 Å². The smallest absolute Gasteiger partial charge is 0.176 e. The summed E-state index contributed by atoms with van der Waals surface area (Å²) < 4.78 is 1.02. The van der Waals surface area contributed by atoms with E-state index in [1.54, 1.807) is 7.05 Å². The van der Waals surface area contributed by atoms with Crippen LogP contribution in [0.2, 0.25) is 0 Å². The van der Waals surface area contributed by atoms with Crippen LogP contribution in [0.4, 0.5) is 0 Å². The molecule has 0 aliphatic carbocycles. The molecule has 0 spiro atoms. The van der Waals surface area contributed by atoms with Crippen molar-refractivity contribution in [3.8, 4) is 0 Å². The molecule has 2 aromatic rings. The van der Waals surface area contributed by atoms with Gasteiger partial charge >= 0.3 is 0 Å². The third-order valence-corrected chi connectivity index (χ3v) is 2.88. The van der Waals surface area contributed by atoms with E-state index in [1.165, 1.54) is 4.80 Å². The molecule has 0 fully saturated rings. The van der Waals surface area contributed by atoms with E-state index in [1.807, 2.05) is 24.3 Å². The van der Waals surface area contributed by atoms with Crippen LogP contribution in [-0.4, -0.2) is 20.2 Å². The summed E-state index contributed by atoms with van der Waals surface area (Å²) in [5.41, 5.74) is 3.84. The van der Waals surface area contributed by atoms with Crippen LogP contribution in [0, 0.1) is 0 Å². The van der Waals surface area contributed by atoms with Crippen molar-refractivity contribution < 1.29 is 0 Å². The van der Waals surface area contributed by atoms with E-state index in [9.17, 15) is 0 Å². The predicted octanol–water partition coefficient (Wildman–Crippen LogP) is 0.720. The Morgan fingerprint density at radius 2 is 2.35 bits per heavy atom. The molecule has 1 unspecified atom stereocenters. The molecule has 3 N–H and O–H groups in total. The molecule has 7 heteroatoms. The van der Waals surface area contributed by atoms with Crippen LogP contribution in [-0.2, 0) is 13.5 Å². The summed E-state index contributed by atoms with van der Waals surface area (Å²) >= 11 is 3.43. The minimum atomic E-state index is -0.0308. The maximum Gasteiger partial charge on any atom is 0.176 e. The van der Waals surface area contributed by atoms with E-state index in [-0.39, 0.29) is 6.04 Å². The predicted molar refractivity (Wildman–Crippen MR) is 66.7 cm³/mol. The van der Waals surface area contributed by atoms with E-state index in [0.717, 1.165) is 10.0 Å². The Hall–Kier alpha value is -1.31. The Morgan fingerprint density at radius 3 is 2.94 bits per heavy atom. The van der Waals surface area contributed by atoms with Gasteiger partial charge in [-0.15, -0.1) is 10.2 Å². The van der Waals surface area contributed by atoms with Crippen LogP contribution in [0.5, 0.6) is 0 Å². The first kappa shape index (κ1) is 12.2. The highest BCUT2D eigenvalue weighted by atomic mass is 79.9. The highest BCUT2D eigenvalue weighted by molar-refractivity contribution is 9.10. The van der Waals surface area contributed by atoms with Gasteiger partial charge in [0.15, 0.2) is 5.82 Å². The zero-order valence-electron chi connectivity index (χ0n) is 9.34. The third-order valence-electron chi connectivity index (χ3n) is 2.39. The minimum Gasteiger partial charge on any atom is -0.271 e. The standard InChI is InChI=1S/C10H13BrN6/c1-17-15-10(14-16-17)6-9(13-12)7-3-2-4-8(11)5-7/h2-5,9,13H,6,12H2,1H3. The van der Waals surface area contributed by atoms with Crippen LogP contribution in [0.15, 0.2) is 28.7 Å². The van der Waals surface area contributed by atoms with E-state index in [0.29, 0.717) is 12.2 Å². The first-order valence-corrected chi connectivity index (χ1v) is 5.93. The van der Waals surface area contributed by atoms with Crippen LogP contribution in [0.1, 0.15) is 17.4 Å². The SMILES string of the molecule is Cn1nnc(CC(NN)c2cccc(Br)c2)n1. The molecule has 1 heterocycles. The number of benzene rings is 1. The number of hydrazine groups is 1. The van der Waals surface area contributed by atoms with Gasteiger partial charge in [-0.2, -0.15) is 4.80 Å². The molecule has 0 saturated carbocycles. The average Bonchev–Trinajstić information content (AvgIpc) is 2.72. The molecular formula is C10H13BrN6. The lowest BCUT2D eigenvalue weighted by Crippen LogP contribution is -2.29. The second kappa shape index (κ2) is 5.35. The Balaban J connectivity index is 2.16. The van der Waals surface area contributed by atoms with Crippen molar-refractivity contribution in [1.82, 2.24) is 25.6 Å². The monoisotopic (exact) mass is 296 g/mol. The molecule has 2 rings (SSSR count). The second-order valence-corrected chi connectivity index (χ2v) is 4.59. The molecule has 17 heavy (non-hydrogen) atoms. The molecule has 0 amide bonds. The molecule has 1 aromatic carbocycles. The van der Waals surface area contributed by atoms with Crippen LogP contribution in [0.25, 0.3) is 0 Å². The summed E-state index contributed by atoms with van der Waals surface area (Å²) in [7, 11) is 1.74. The summed E-state index contributed by atoms with van der Waals surface area (Å²) in [4.78, 5) is 1.43. The Labute approximate surface area is 107 Å². The molecule has 90 valence electrons. The molecule has 0 radical (unpaired) electrons. The molecule has 0 aliphatic rings. The third kappa shape index (κ3) is 3.09. The van der Waals surface area contributed by atoms with Crippen molar-refractivity contribution in [2.75, 3.05) is 0 Å². The number of tetrazole rings is 1. The molecule has 1 aromatic heterocycles. The Morgan fingerprint density at radius 1 is 1.53 bits per heavy atom. The lowest BCUT2D eigenvalue weighted by Gasteiger charge is -2.14. The maximum absolute atomic E-state index is 5.56. The van der Waals surface area contributed by atoms with Gasteiger partial charge in [0.2, 0.25) is 0 Å². The summed E-state index contributed by atoms with van der Waals surface area (Å²) in [6.07, 6.45) is 0.598. The number of aryl methyl sites for hydroxylation is 1. The fraction of sp³-hybridized carbons (Fsp3) is 0.300. The quantitative estimate of drug-likeness (QED) is 0.642. The number of hydrogen-bond donors (Lipinski definition) is 2. The van der Waals surface area contributed by atoms with Crippen molar-refractivity contribution in [1.29, 1.82) is 0 Å². The fourth-order valence-electron chi connectivity index (χ4n) is 1.58. The number of rotatable bonds is 4. The number of hydrogen-bond acceptors (Lipinski definition) is 5. The van der Waals surface area contributed by atoms with Crippen molar-refractivity contribution in [2.45, 2.75) is 12.5 Å². The number of nitrogens with one attached hydrogen (secondary N) is 1. The van der Waals surface area contributed by atoms with Gasteiger partial charge in [0.25, 0.3) is 0 Å². The van der Waals surface area contributed by atoms with Crippen LogP contribution < -0.4 is 11.3 Å². The molecule has 1 atom stereocenters. The first-order valence-electron chi connectivity index (χ1n) is 5.13. The highest BCUT2D eigenvalue weighted by Crippen LogP contribution is 2.19. The Bertz CT molecular complexity index is 497. The van der Waals surface area contributed by atoms with Gasteiger partial charge < -0.3 is 0 Å². The minimum absolute atomic E-state index is 0.0308. The van der Waals surface area contributed by atoms with Gasteiger partial charge in [-0.1, -0.05) is 28.1 Å². The fourth-order valence-corrected chi connectivity index (χ4v) is 2.00. The van der Waals surface area contributed by atoms with Gasteiger partial charge in [-0.3, -0.25) is 11.3 Å². The summed E-state index contributed by atoms with van der Waals surface area (Å²) in [5.74, 6) is 6.22. The van der Waals surface area contributed by atoms with Crippen LogP contribution >= 0.6 is 15.9 Å². The van der Waals surface area contributed by atoms with Crippen molar-refractivity contribution in [3.05, 3.63) is 40.1 Å². The van der Waals surface area contributed by atoms with E-state index in [4.69, 9.17) is 5.84 Å². The van der Waals surface area contributed by atoms with E-state index >= 15 is 0 Å². The Kier molecular flexibility index (Phi) is 3.82. The van der Waals surface area contributed by atoms with Gasteiger partial charge in [-0.25, -0.2) is 0 Å². The lowest BCUT2D eigenvalue weighted by atomic mass is 10.0. The largest absolute Gasteiger partial charge is 0.271 e. The zero-order valence-corrected chi connectivity index (χ0v) is 10.9. The van der Waals surface area contributed by atoms with Crippen LogP contribution in [0.3, 0.4) is 0 Å². The number of nitrogens with zero attached hydrogens (tertiary/aromatic N) is 4. The second-order valence-electron chi connectivity index (χ2n) is 3.67. The summed E-state index contributed by atoms with van der Waals surface area (Å²) in [5, 5.41) is 11.9. The first-order chi connectivity index (χ1) is 8.19. The number of nitrogens with two attached hydrogens (primary N) is 1.